The van der Waals surface area contributed by atoms with Gasteiger partial charge in [-0.05, 0) is 30.7 Å². The lowest BCUT2D eigenvalue weighted by Crippen LogP contribution is -2.46. The number of rotatable bonds is 8. The van der Waals surface area contributed by atoms with Crippen LogP contribution in [0.5, 0.6) is 5.75 Å². The summed E-state index contributed by atoms with van der Waals surface area (Å²) in [6.07, 6.45) is 0.983. The van der Waals surface area contributed by atoms with E-state index in [1.54, 1.807) is 4.90 Å². The Morgan fingerprint density at radius 3 is 2.20 bits per heavy atom. The largest absolute Gasteiger partial charge is 0.494 e. The average Bonchev–Trinajstić information content (AvgIpc) is 2.76. The Labute approximate surface area is 180 Å². The minimum Gasteiger partial charge on any atom is -0.494 e. The third-order valence-corrected chi connectivity index (χ3v) is 7.50. The van der Waals surface area contributed by atoms with Crippen LogP contribution in [-0.4, -0.2) is 99.5 Å². The molecule has 2 aliphatic rings. The van der Waals surface area contributed by atoms with Gasteiger partial charge in [0, 0.05) is 51.4 Å². The number of hydrogen-bond donors (Lipinski definition) is 0. The van der Waals surface area contributed by atoms with E-state index in [2.05, 4.69) is 23.3 Å². The van der Waals surface area contributed by atoms with Gasteiger partial charge in [-0.2, -0.15) is 0 Å². The van der Waals surface area contributed by atoms with E-state index in [0.29, 0.717) is 12.2 Å². The standard InChI is InChI=1S/C22H33N3O4S/c1-3-23-10-12-24(13-11-23)9-4-16-29-21-7-5-20(6-8-21)19(2)22(26)25-14-17-30(27,28)18-15-25/h5-8H,2-4,9-18H2,1H3. The zero-order chi connectivity index (χ0) is 21.6. The SMILES string of the molecule is C=C(C(=O)N1CCS(=O)(=O)CC1)c1ccc(OCCCN2CCN(CC)CC2)cc1. The van der Waals surface area contributed by atoms with Gasteiger partial charge in [0.05, 0.1) is 18.1 Å². The van der Waals surface area contributed by atoms with E-state index in [9.17, 15) is 13.2 Å². The summed E-state index contributed by atoms with van der Waals surface area (Å²) in [5, 5.41) is 0. The number of amides is 1. The molecule has 0 unspecified atom stereocenters. The van der Waals surface area contributed by atoms with E-state index in [0.717, 1.165) is 57.0 Å². The number of likely N-dealkylation sites (N-methyl/N-ethyl adjacent to an activating group) is 1. The number of hydrogen-bond acceptors (Lipinski definition) is 6. The molecule has 30 heavy (non-hydrogen) atoms. The fourth-order valence-electron chi connectivity index (χ4n) is 3.79. The van der Waals surface area contributed by atoms with E-state index >= 15 is 0 Å². The highest BCUT2D eigenvalue weighted by molar-refractivity contribution is 7.91. The zero-order valence-corrected chi connectivity index (χ0v) is 18.7. The first-order valence-electron chi connectivity index (χ1n) is 10.7. The lowest BCUT2D eigenvalue weighted by molar-refractivity contribution is -0.124. The molecule has 0 aromatic heterocycles. The van der Waals surface area contributed by atoms with Crippen molar-refractivity contribution in [3.05, 3.63) is 36.4 Å². The fourth-order valence-corrected chi connectivity index (χ4v) is 4.99. The van der Waals surface area contributed by atoms with Gasteiger partial charge in [0.2, 0.25) is 0 Å². The van der Waals surface area contributed by atoms with Crippen molar-refractivity contribution < 1.29 is 17.9 Å². The van der Waals surface area contributed by atoms with Crippen LogP contribution in [0.2, 0.25) is 0 Å². The van der Waals surface area contributed by atoms with Crippen molar-refractivity contribution in [2.75, 3.05) is 70.5 Å². The van der Waals surface area contributed by atoms with Gasteiger partial charge in [-0.25, -0.2) is 8.42 Å². The predicted molar refractivity (Wildman–Crippen MR) is 119 cm³/mol. The molecule has 0 aliphatic carbocycles. The molecule has 1 aromatic carbocycles. The number of piperazine rings is 1. The Kier molecular flexibility index (Phi) is 7.91. The second-order valence-electron chi connectivity index (χ2n) is 7.92. The number of carbonyl (C=O) groups is 1. The van der Waals surface area contributed by atoms with Crippen molar-refractivity contribution in [2.24, 2.45) is 0 Å². The van der Waals surface area contributed by atoms with Crippen LogP contribution >= 0.6 is 0 Å². The van der Waals surface area contributed by atoms with Gasteiger partial charge in [-0.1, -0.05) is 25.6 Å². The second kappa shape index (κ2) is 10.4. The molecular weight excluding hydrogens is 402 g/mol. The van der Waals surface area contributed by atoms with Crippen molar-refractivity contribution in [3.8, 4) is 5.75 Å². The van der Waals surface area contributed by atoms with Gasteiger partial charge in [0.15, 0.2) is 9.84 Å². The summed E-state index contributed by atoms with van der Waals surface area (Å²) in [5.74, 6) is 0.612. The molecule has 1 aromatic rings. The molecule has 0 N–H and O–H groups in total. The number of carbonyl (C=O) groups excluding carboxylic acids is 1. The molecule has 0 saturated carbocycles. The molecular formula is C22H33N3O4S. The summed E-state index contributed by atoms with van der Waals surface area (Å²) in [5.41, 5.74) is 1.11. The zero-order valence-electron chi connectivity index (χ0n) is 17.9. The van der Waals surface area contributed by atoms with Crippen molar-refractivity contribution in [2.45, 2.75) is 13.3 Å². The normalized spacial score (nSPS) is 20.1. The Morgan fingerprint density at radius 2 is 1.60 bits per heavy atom. The molecule has 2 heterocycles. The van der Waals surface area contributed by atoms with Crippen LogP contribution in [0.25, 0.3) is 5.57 Å². The first-order valence-corrected chi connectivity index (χ1v) is 12.6. The van der Waals surface area contributed by atoms with Crippen LogP contribution in [0.3, 0.4) is 0 Å². The number of nitrogens with zero attached hydrogens (tertiary/aromatic N) is 3. The first-order chi connectivity index (χ1) is 14.4. The van der Waals surface area contributed by atoms with E-state index in [4.69, 9.17) is 4.74 Å². The lowest BCUT2D eigenvalue weighted by Gasteiger charge is -2.33. The molecule has 8 heteroatoms. The maximum atomic E-state index is 12.6. The van der Waals surface area contributed by atoms with E-state index < -0.39 is 9.84 Å². The van der Waals surface area contributed by atoms with Crippen LogP contribution in [-0.2, 0) is 14.6 Å². The monoisotopic (exact) mass is 435 g/mol. The van der Waals surface area contributed by atoms with Gasteiger partial charge >= 0.3 is 0 Å². The Balaban J connectivity index is 1.40. The summed E-state index contributed by atoms with van der Waals surface area (Å²) < 4.78 is 28.9. The molecule has 7 nitrogen and oxygen atoms in total. The van der Waals surface area contributed by atoms with E-state index in [-0.39, 0.29) is 30.5 Å². The fraction of sp³-hybridized carbons (Fsp3) is 0.591. The van der Waals surface area contributed by atoms with Crippen LogP contribution in [0.15, 0.2) is 30.8 Å². The average molecular weight is 436 g/mol. The Hall–Kier alpha value is -1.90. The molecule has 0 radical (unpaired) electrons. The predicted octanol–water partition coefficient (Wildman–Crippen LogP) is 1.36. The van der Waals surface area contributed by atoms with Crippen LogP contribution < -0.4 is 4.74 Å². The molecule has 166 valence electrons. The molecule has 0 bridgehead atoms. The summed E-state index contributed by atoms with van der Waals surface area (Å²) in [7, 11) is -3.01. The molecule has 2 saturated heterocycles. The first kappa shape index (κ1) is 22.8. The third kappa shape index (κ3) is 6.30. The van der Waals surface area contributed by atoms with Crippen LogP contribution in [0, 0.1) is 0 Å². The topological polar surface area (TPSA) is 70.2 Å². The maximum absolute atomic E-state index is 12.6. The summed E-state index contributed by atoms with van der Waals surface area (Å²) in [6.45, 7) is 14.0. The van der Waals surface area contributed by atoms with Crippen molar-refractivity contribution in [3.63, 3.8) is 0 Å². The highest BCUT2D eigenvalue weighted by atomic mass is 32.2. The van der Waals surface area contributed by atoms with Crippen LogP contribution in [0.1, 0.15) is 18.9 Å². The minimum absolute atomic E-state index is 0.0209. The number of benzene rings is 1. The Morgan fingerprint density at radius 1 is 1.00 bits per heavy atom. The second-order valence-corrected chi connectivity index (χ2v) is 10.2. The number of ether oxygens (including phenoxy) is 1. The molecule has 3 rings (SSSR count). The van der Waals surface area contributed by atoms with Crippen molar-refractivity contribution >= 4 is 21.3 Å². The van der Waals surface area contributed by atoms with Crippen LogP contribution in [0.4, 0.5) is 0 Å². The van der Waals surface area contributed by atoms with Crippen molar-refractivity contribution in [1.29, 1.82) is 0 Å². The highest BCUT2D eigenvalue weighted by Crippen LogP contribution is 2.20. The molecule has 0 spiro atoms. The van der Waals surface area contributed by atoms with E-state index in [1.807, 2.05) is 24.3 Å². The third-order valence-electron chi connectivity index (χ3n) is 5.89. The molecule has 1 amide bonds. The lowest BCUT2D eigenvalue weighted by atomic mass is 10.1. The summed E-state index contributed by atoms with van der Waals surface area (Å²) >= 11 is 0. The quantitative estimate of drug-likeness (QED) is 0.454. The van der Waals surface area contributed by atoms with E-state index in [1.165, 1.54) is 0 Å². The van der Waals surface area contributed by atoms with Gasteiger partial charge in [0.25, 0.3) is 5.91 Å². The van der Waals surface area contributed by atoms with Gasteiger partial charge < -0.3 is 19.4 Å². The van der Waals surface area contributed by atoms with Gasteiger partial charge in [-0.15, -0.1) is 0 Å². The Bertz CT molecular complexity index is 816. The number of sulfone groups is 1. The molecule has 2 fully saturated rings. The maximum Gasteiger partial charge on any atom is 0.253 e. The summed E-state index contributed by atoms with van der Waals surface area (Å²) in [4.78, 5) is 19.1. The molecule has 2 aliphatic heterocycles. The molecule has 0 atom stereocenters. The summed E-state index contributed by atoms with van der Waals surface area (Å²) in [6, 6.07) is 7.38. The minimum atomic E-state index is -3.01. The highest BCUT2D eigenvalue weighted by Gasteiger charge is 2.26. The van der Waals surface area contributed by atoms with Gasteiger partial charge in [-0.3, -0.25) is 4.79 Å². The van der Waals surface area contributed by atoms with Crippen molar-refractivity contribution in [1.82, 2.24) is 14.7 Å². The van der Waals surface area contributed by atoms with Gasteiger partial charge in [0.1, 0.15) is 5.75 Å². The smallest absolute Gasteiger partial charge is 0.253 e.